The molecule has 0 fully saturated rings. The van der Waals surface area contributed by atoms with E-state index in [1.165, 1.54) is 0 Å². The topological polar surface area (TPSA) is 67.2 Å². The van der Waals surface area contributed by atoms with Gasteiger partial charge in [-0.05, 0) is 11.6 Å². The molecule has 0 heterocycles. The number of ether oxygens (including phenoxy) is 2. The van der Waals surface area contributed by atoms with Gasteiger partial charge in [0.1, 0.15) is 0 Å². The second kappa shape index (κ2) is 8.15. The Morgan fingerprint density at radius 2 is 2.06 bits per heavy atom. The Morgan fingerprint density at radius 1 is 1.33 bits per heavy atom. The van der Waals surface area contributed by atoms with Crippen molar-refractivity contribution >= 4 is 0 Å². The molecule has 0 atom stereocenters. The number of benzene rings is 1. The van der Waals surface area contributed by atoms with Gasteiger partial charge in [-0.2, -0.15) is 0 Å². The highest BCUT2D eigenvalue weighted by Crippen LogP contribution is 2.20. The second-order valence-corrected chi connectivity index (χ2v) is 3.40. The van der Waals surface area contributed by atoms with Crippen molar-refractivity contribution in [2.45, 2.75) is 12.7 Å². The molecule has 1 aromatic rings. The highest BCUT2D eigenvalue weighted by atomic mass is 16.7. The summed E-state index contributed by atoms with van der Waals surface area (Å²) in [5, 5.41) is 3.42. The maximum atomic E-state index is 8.14. The average molecular weight is 245 g/mol. The smallest absolute Gasteiger partial charge is 0.184 e. The summed E-state index contributed by atoms with van der Waals surface area (Å²) in [5.41, 5.74) is 9.88. The zero-order chi connectivity index (χ0) is 13.2. The van der Waals surface area contributed by atoms with Crippen LogP contribution < -0.4 is 0 Å². The fourth-order valence-electron chi connectivity index (χ4n) is 1.47. The Hall–Kier alpha value is -1.99. The predicted molar refractivity (Wildman–Crippen MR) is 68.7 cm³/mol. The Kier molecular flexibility index (Phi) is 6.37. The Bertz CT molecular complexity index is 480. The van der Waals surface area contributed by atoms with Crippen LogP contribution in [0.1, 0.15) is 23.8 Å². The summed E-state index contributed by atoms with van der Waals surface area (Å²) < 4.78 is 10.4. The maximum absolute atomic E-state index is 8.14. The molecule has 5 nitrogen and oxygen atoms in total. The molecular formula is C13H15N3O2. The molecule has 5 heteroatoms. The fourth-order valence-corrected chi connectivity index (χ4v) is 1.47. The Labute approximate surface area is 106 Å². The first-order chi connectivity index (χ1) is 8.83. The highest BCUT2D eigenvalue weighted by Gasteiger charge is 2.11. The van der Waals surface area contributed by atoms with E-state index in [4.69, 9.17) is 15.0 Å². The highest BCUT2D eigenvalue weighted by molar-refractivity contribution is 5.42. The predicted octanol–water partition coefficient (Wildman–Crippen LogP) is 3.03. The van der Waals surface area contributed by atoms with Gasteiger partial charge in [-0.1, -0.05) is 35.2 Å². The van der Waals surface area contributed by atoms with Gasteiger partial charge in [0.25, 0.3) is 0 Å². The van der Waals surface area contributed by atoms with E-state index in [9.17, 15) is 0 Å². The molecule has 0 aromatic heterocycles. The standard InChI is InChI=1S/C13H15N3O2/c1-17-13(18-2)12-9-4-3-7-11(12)8-5-6-10-15-16-14/h3-4,7,9,13H,6,10H2,1-2H3. The second-order valence-electron chi connectivity index (χ2n) is 3.40. The molecule has 0 spiro atoms. The van der Waals surface area contributed by atoms with Gasteiger partial charge in [0.2, 0.25) is 0 Å². The molecule has 0 N–H and O–H groups in total. The minimum absolute atomic E-state index is 0.379. The van der Waals surface area contributed by atoms with Crippen LogP contribution >= 0.6 is 0 Å². The van der Waals surface area contributed by atoms with Gasteiger partial charge < -0.3 is 9.47 Å². The molecule has 0 radical (unpaired) electrons. The van der Waals surface area contributed by atoms with Crippen LogP contribution in [-0.2, 0) is 9.47 Å². The summed E-state index contributed by atoms with van der Waals surface area (Å²) in [4.78, 5) is 2.67. The summed E-state index contributed by atoms with van der Waals surface area (Å²) in [6.45, 7) is 0.379. The molecule has 18 heavy (non-hydrogen) atoms. The molecule has 0 aliphatic carbocycles. The van der Waals surface area contributed by atoms with Crippen LogP contribution in [-0.4, -0.2) is 20.8 Å². The molecule has 1 aromatic carbocycles. The van der Waals surface area contributed by atoms with Gasteiger partial charge in [0, 0.05) is 43.2 Å². The third-order valence-electron chi connectivity index (χ3n) is 2.27. The lowest BCUT2D eigenvalue weighted by molar-refractivity contribution is -0.106. The number of rotatable bonds is 5. The minimum Gasteiger partial charge on any atom is -0.352 e. The van der Waals surface area contributed by atoms with Crippen molar-refractivity contribution in [3.8, 4) is 11.8 Å². The van der Waals surface area contributed by atoms with E-state index in [0.717, 1.165) is 11.1 Å². The molecule has 0 unspecified atom stereocenters. The van der Waals surface area contributed by atoms with E-state index >= 15 is 0 Å². The largest absolute Gasteiger partial charge is 0.352 e. The van der Waals surface area contributed by atoms with Crippen molar-refractivity contribution in [2.75, 3.05) is 20.8 Å². The first-order valence-corrected chi connectivity index (χ1v) is 5.47. The van der Waals surface area contributed by atoms with Crippen molar-refractivity contribution in [1.82, 2.24) is 0 Å². The van der Waals surface area contributed by atoms with E-state index in [0.29, 0.717) is 13.0 Å². The number of azide groups is 1. The number of hydrogen-bond acceptors (Lipinski definition) is 3. The molecule has 1 rings (SSSR count). The van der Waals surface area contributed by atoms with E-state index in [1.54, 1.807) is 14.2 Å². The SMILES string of the molecule is COC(OC)c1ccccc1C#CCCN=[N+]=[N-]. The zero-order valence-corrected chi connectivity index (χ0v) is 10.5. The van der Waals surface area contributed by atoms with Gasteiger partial charge in [0.15, 0.2) is 6.29 Å². The Morgan fingerprint density at radius 3 is 2.72 bits per heavy atom. The van der Waals surface area contributed by atoms with Crippen LogP contribution in [0.3, 0.4) is 0 Å². The van der Waals surface area contributed by atoms with Crippen LogP contribution in [0.2, 0.25) is 0 Å². The maximum Gasteiger partial charge on any atom is 0.184 e. The summed E-state index contributed by atoms with van der Waals surface area (Å²) in [7, 11) is 3.17. The molecular weight excluding hydrogens is 230 g/mol. The van der Waals surface area contributed by atoms with Crippen molar-refractivity contribution < 1.29 is 9.47 Å². The van der Waals surface area contributed by atoms with Crippen molar-refractivity contribution in [1.29, 1.82) is 0 Å². The van der Waals surface area contributed by atoms with Crippen LogP contribution in [0.15, 0.2) is 29.4 Å². The average Bonchev–Trinajstić information content (AvgIpc) is 2.41. The van der Waals surface area contributed by atoms with Crippen LogP contribution in [0.4, 0.5) is 0 Å². The minimum atomic E-state index is -0.423. The van der Waals surface area contributed by atoms with Crippen molar-refractivity contribution in [2.24, 2.45) is 5.11 Å². The lowest BCUT2D eigenvalue weighted by Gasteiger charge is -2.15. The van der Waals surface area contributed by atoms with Gasteiger partial charge in [-0.3, -0.25) is 0 Å². The lowest BCUT2D eigenvalue weighted by Crippen LogP contribution is -2.05. The van der Waals surface area contributed by atoms with E-state index < -0.39 is 6.29 Å². The summed E-state index contributed by atoms with van der Waals surface area (Å²) in [6, 6.07) is 7.63. The van der Waals surface area contributed by atoms with Gasteiger partial charge in [-0.25, -0.2) is 0 Å². The van der Waals surface area contributed by atoms with E-state index in [1.807, 2.05) is 24.3 Å². The molecule has 0 amide bonds. The third-order valence-corrected chi connectivity index (χ3v) is 2.27. The van der Waals surface area contributed by atoms with Crippen LogP contribution in [0.5, 0.6) is 0 Å². The van der Waals surface area contributed by atoms with Crippen molar-refractivity contribution in [3.05, 3.63) is 45.8 Å². The Balaban J connectivity index is 2.84. The summed E-state index contributed by atoms with van der Waals surface area (Å²) >= 11 is 0. The molecule has 0 saturated carbocycles. The first-order valence-electron chi connectivity index (χ1n) is 5.47. The third kappa shape index (κ3) is 4.11. The number of methoxy groups -OCH3 is 2. The fraction of sp³-hybridized carbons (Fsp3) is 0.385. The summed E-state index contributed by atoms with van der Waals surface area (Å²) in [6.07, 6.45) is 0.107. The molecule has 0 bridgehead atoms. The quantitative estimate of drug-likeness (QED) is 0.200. The lowest BCUT2D eigenvalue weighted by atomic mass is 10.1. The molecule has 0 aliphatic heterocycles. The van der Waals surface area contributed by atoms with E-state index in [-0.39, 0.29) is 0 Å². The first kappa shape index (κ1) is 14.1. The molecule has 0 aliphatic rings. The van der Waals surface area contributed by atoms with Crippen molar-refractivity contribution in [3.63, 3.8) is 0 Å². The van der Waals surface area contributed by atoms with Gasteiger partial charge >= 0.3 is 0 Å². The summed E-state index contributed by atoms with van der Waals surface area (Å²) in [5.74, 6) is 5.98. The van der Waals surface area contributed by atoms with Gasteiger partial charge in [0.05, 0.1) is 0 Å². The monoisotopic (exact) mass is 245 g/mol. The van der Waals surface area contributed by atoms with E-state index in [2.05, 4.69) is 21.9 Å². The molecule has 0 saturated heterocycles. The normalized spacial score (nSPS) is 9.50. The zero-order valence-electron chi connectivity index (χ0n) is 10.5. The van der Waals surface area contributed by atoms with Gasteiger partial charge in [-0.15, -0.1) is 0 Å². The number of nitrogens with zero attached hydrogens (tertiary/aromatic N) is 3. The molecule has 94 valence electrons. The van der Waals surface area contributed by atoms with Crippen LogP contribution in [0.25, 0.3) is 10.4 Å². The van der Waals surface area contributed by atoms with Crippen LogP contribution in [0, 0.1) is 11.8 Å². The number of hydrogen-bond donors (Lipinski definition) is 0.